The van der Waals surface area contributed by atoms with Crippen molar-refractivity contribution in [3.63, 3.8) is 0 Å². The first-order valence-electron chi connectivity index (χ1n) is 5.36. The molecule has 0 aliphatic rings. The molecule has 0 amide bonds. The SMILES string of the molecule is Cn1cnc(Cn2c(=S)[nH]c3cc(Cl)ccc32)n1. The second kappa shape index (κ2) is 4.22. The fourth-order valence-electron chi connectivity index (χ4n) is 1.89. The van der Waals surface area contributed by atoms with E-state index in [1.807, 2.05) is 29.8 Å². The highest BCUT2D eigenvalue weighted by molar-refractivity contribution is 7.71. The minimum Gasteiger partial charge on any atom is -0.331 e. The van der Waals surface area contributed by atoms with Crippen molar-refractivity contribution in [1.82, 2.24) is 24.3 Å². The third-order valence-corrected chi connectivity index (χ3v) is 3.24. The first-order valence-corrected chi connectivity index (χ1v) is 6.15. The number of H-pyrrole nitrogens is 1. The van der Waals surface area contributed by atoms with Crippen LogP contribution in [0.25, 0.3) is 11.0 Å². The van der Waals surface area contributed by atoms with Crippen molar-refractivity contribution in [2.45, 2.75) is 6.54 Å². The van der Waals surface area contributed by atoms with E-state index in [0.717, 1.165) is 16.9 Å². The molecule has 0 bridgehead atoms. The number of aryl methyl sites for hydroxylation is 1. The van der Waals surface area contributed by atoms with Crippen LogP contribution in [0.4, 0.5) is 0 Å². The molecule has 2 heterocycles. The Kier molecular flexibility index (Phi) is 2.68. The lowest BCUT2D eigenvalue weighted by Crippen LogP contribution is -2.02. The number of halogens is 1. The van der Waals surface area contributed by atoms with Gasteiger partial charge in [0.2, 0.25) is 0 Å². The molecule has 0 spiro atoms. The molecule has 0 fully saturated rings. The number of hydrogen-bond donors (Lipinski definition) is 1. The predicted octanol–water partition coefficient (Wildman–Crippen LogP) is 2.53. The molecule has 1 N–H and O–H groups in total. The summed E-state index contributed by atoms with van der Waals surface area (Å²) in [5.74, 6) is 0.726. The molecule has 0 radical (unpaired) electrons. The third-order valence-electron chi connectivity index (χ3n) is 2.68. The molecule has 0 atom stereocenters. The van der Waals surface area contributed by atoms with Gasteiger partial charge in [0.1, 0.15) is 6.33 Å². The minimum absolute atomic E-state index is 0.543. The smallest absolute Gasteiger partial charge is 0.178 e. The van der Waals surface area contributed by atoms with Crippen LogP contribution < -0.4 is 0 Å². The van der Waals surface area contributed by atoms with Crippen molar-refractivity contribution in [3.8, 4) is 0 Å². The van der Waals surface area contributed by atoms with Gasteiger partial charge in [0.05, 0.1) is 17.6 Å². The molecule has 0 aliphatic heterocycles. The van der Waals surface area contributed by atoms with E-state index in [2.05, 4.69) is 15.1 Å². The minimum atomic E-state index is 0.543. The van der Waals surface area contributed by atoms with Gasteiger partial charge in [-0.25, -0.2) is 4.98 Å². The van der Waals surface area contributed by atoms with E-state index < -0.39 is 0 Å². The summed E-state index contributed by atoms with van der Waals surface area (Å²) in [7, 11) is 1.84. The molecule has 3 rings (SSSR count). The van der Waals surface area contributed by atoms with Crippen LogP contribution in [-0.4, -0.2) is 24.3 Å². The Labute approximate surface area is 113 Å². The van der Waals surface area contributed by atoms with E-state index >= 15 is 0 Å². The number of fused-ring (bicyclic) bond motifs is 1. The Morgan fingerprint density at radius 3 is 3.00 bits per heavy atom. The summed E-state index contributed by atoms with van der Waals surface area (Å²) in [4.78, 5) is 7.33. The zero-order valence-corrected chi connectivity index (χ0v) is 11.2. The number of benzene rings is 1. The van der Waals surface area contributed by atoms with Gasteiger partial charge in [0.25, 0.3) is 0 Å². The molecule has 7 heteroatoms. The van der Waals surface area contributed by atoms with Crippen LogP contribution >= 0.6 is 23.8 Å². The first-order chi connectivity index (χ1) is 8.63. The monoisotopic (exact) mass is 279 g/mol. The standard InChI is InChI=1S/C11H10ClN5S/c1-16-6-13-10(15-16)5-17-9-3-2-7(12)4-8(9)14-11(17)18/h2-4,6H,5H2,1H3,(H,14,18). The number of hydrogen-bond acceptors (Lipinski definition) is 3. The molecule has 2 aromatic heterocycles. The number of nitrogens with zero attached hydrogens (tertiary/aromatic N) is 4. The maximum absolute atomic E-state index is 5.95. The van der Waals surface area contributed by atoms with Gasteiger partial charge in [-0.2, -0.15) is 5.10 Å². The van der Waals surface area contributed by atoms with E-state index in [-0.39, 0.29) is 0 Å². The van der Waals surface area contributed by atoms with Crippen molar-refractivity contribution < 1.29 is 0 Å². The maximum Gasteiger partial charge on any atom is 0.178 e. The van der Waals surface area contributed by atoms with Crippen molar-refractivity contribution in [1.29, 1.82) is 0 Å². The second-order valence-electron chi connectivity index (χ2n) is 4.01. The number of nitrogens with one attached hydrogen (secondary N) is 1. The van der Waals surface area contributed by atoms with Crippen molar-refractivity contribution in [3.05, 3.63) is 40.1 Å². The lowest BCUT2D eigenvalue weighted by Gasteiger charge is -2.00. The van der Waals surface area contributed by atoms with Crippen molar-refractivity contribution in [2.24, 2.45) is 7.05 Å². The Balaban J connectivity index is 2.11. The fraction of sp³-hybridized carbons (Fsp3) is 0.182. The van der Waals surface area contributed by atoms with E-state index in [9.17, 15) is 0 Å². The number of aromatic amines is 1. The van der Waals surface area contributed by atoms with Crippen LogP contribution in [0, 0.1) is 4.77 Å². The zero-order chi connectivity index (χ0) is 12.7. The van der Waals surface area contributed by atoms with Crippen LogP contribution in [0.1, 0.15) is 5.82 Å². The molecule has 92 valence electrons. The van der Waals surface area contributed by atoms with Gasteiger partial charge in [-0.15, -0.1) is 0 Å². The number of imidazole rings is 1. The third kappa shape index (κ3) is 1.93. The molecule has 0 saturated carbocycles. The topological polar surface area (TPSA) is 51.4 Å². The molecular weight excluding hydrogens is 270 g/mol. The molecule has 5 nitrogen and oxygen atoms in total. The summed E-state index contributed by atoms with van der Waals surface area (Å²) in [5, 5.41) is 4.93. The Hall–Kier alpha value is -1.66. The van der Waals surface area contributed by atoms with E-state index in [1.165, 1.54) is 0 Å². The highest BCUT2D eigenvalue weighted by atomic mass is 35.5. The highest BCUT2D eigenvalue weighted by Crippen LogP contribution is 2.19. The molecule has 18 heavy (non-hydrogen) atoms. The molecule has 1 aromatic carbocycles. The lowest BCUT2D eigenvalue weighted by molar-refractivity contribution is 0.707. The van der Waals surface area contributed by atoms with Gasteiger partial charge in [0.15, 0.2) is 10.6 Å². The summed E-state index contributed by atoms with van der Waals surface area (Å²) in [5.41, 5.74) is 1.92. The molecule has 0 saturated heterocycles. The van der Waals surface area contributed by atoms with E-state index in [0.29, 0.717) is 16.3 Å². The lowest BCUT2D eigenvalue weighted by atomic mass is 10.3. The maximum atomic E-state index is 5.95. The van der Waals surface area contributed by atoms with Crippen molar-refractivity contribution >= 4 is 34.9 Å². The van der Waals surface area contributed by atoms with Crippen LogP contribution in [0.5, 0.6) is 0 Å². The second-order valence-corrected chi connectivity index (χ2v) is 4.84. The fourth-order valence-corrected chi connectivity index (χ4v) is 2.34. The Bertz CT molecular complexity index is 769. The van der Waals surface area contributed by atoms with Crippen molar-refractivity contribution in [2.75, 3.05) is 0 Å². The average Bonchev–Trinajstić information content (AvgIpc) is 2.84. The Morgan fingerprint density at radius 1 is 1.44 bits per heavy atom. The average molecular weight is 280 g/mol. The van der Waals surface area contributed by atoms with Crippen LogP contribution in [0.15, 0.2) is 24.5 Å². The summed E-state index contributed by atoms with van der Waals surface area (Å²) in [6.07, 6.45) is 1.67. The first kappa shape index (κ1) is 11.4. The summed E-state index contributed by atoms with van der Waals surface area (Å²) < 4.78 is 4.26. The largest absolute Gasteiger partial charge is 0.331 e. The molecule has 0 aliphatic carbocycles. The van der Waals surface area contributed by atoms with Gasteiger partial charge in [0, 0.05) is 12.1 Å². The van der Waals surface area contributed by atoms with Gasteiger partial charge in [-0.3, -0.25) is 4.68 Å². The zero-order valence-electron chi connectivity index (χ0n) is 9.59. The van der Waals surface area contributed by atoms with E-state index in [4.69, 9.17) is 23.8 Å². The van der Waals surface area contributed by atoms with Crippen LogP contribution in [0.3, 0.4) is 0 Å². The quantitative estimate of drug-likeness (QED) is 0.734. The van der Waals surface area contributed by atoms with Gasteiger partial charge < -0.3 is 9.55 Å². The van der Waals surface area contributed by atoms with Crippen LogP contribution in [0.2, 0.25) is 5.02 Å². The predicted molar refractivity (Wildman–Crippen MR) is 72.2 cm³/mol. The highest BCUT2D eigenvalue weighted by Gasteiger charge is 2.07. The number of rotatable bonds is 2. The summed E-state index contributed by atoms with van der Waals surface area (Å²) in [6, 6.07) is 5.64. The number of aromatic nitrogens is 5. The molecular formula is C11H10ClN5S. The Morgan fingerprint density at radius 2 is 2.28 bits per heavy atom. The van der Waals surface area contributed by atoms with E-state index in [1.54, 1.807) is 11.0 Å². The van der Waals surface area contributed by atoms with Crippen LogP contribution in [-0.2, 0) is 13.6 Å². The van der Waals surface area contributed by atoms with Gasteiger partial charge in [-0.1, -0.05) is 11.6 Å². The molecule has 0 unspecified atom stereocenters. The van der Waals surface area contributed by atoms with Gasteiger partial charge >= 0.3 is 0 Å². The van der Waals surface area contributed by atoms with Gasteiger partial charge in [-0.05, 0) is 30.4 Å². The summed E-state index contributed by atoms with van der Waals surface area (Å²) in [6.45, 7) is 0.543. The normalized spacial score (nSPS) is 11.2. The summed E-state index contributed by atoms with van der Waals surface area (Å²) >= 11 is 11.3. The molecule has 3 aromatic rings.